The fourth-order valence-corrected chi connectivity index (χ4v) is 4.25. The second kappa shape index (κ2) is 9.49. The average Bonchev–Trinajstić information content (AvgIpc) is 2.76. The molecule has 0 bridgehead atoms. The molecular weight excluding hydrogens is 418 g/mol. The average molecular weight is 446 g/mol. The first kappa shape index (κ1) is 22.8. The Morgan fingerprint density at radius 2 is 1.68 bits per heavy atom. The Kier molecular flexibility index (Phi) is 6.97. The summed E-state index contributed by atoms with van der Waals surface area (Å²) in [7, 11) is -2.24. The largest absolute Gasteiger partial charge is 0.378 e. The molecule has 0 aromatic heterocycles. The fraction of sp³-hybridized carbons (Fsp3) is 0.364. The zero-order valence-corrected chi connectivity index (χ0v) is 18.7. The monoisotopic (exact) mass is 445 g/mol. The highest BCUT2D eigenvalue weighted by Crippen LogP contribution is 2.19. The standard InChI is InChI=1S/C22H27N3O5S/c1-16-4-7-19(14-17(16)2)23-31(28,29)20-8-5-18(6-9-20)22(27)24(3)15-21(26)25-10-12-30-13-11-25/h4-9,14,23H,10-13,15H2,1-3H3. The Bertz CT molecular complexity index is 1060. The molecule has 31 heavy (non-hydrogen) atoms. The van der Waals surface area contributed by atoms with Crippen LogP contribution in [0.15, 0.2) is 47.4 Å². The number of rotatable bonds is 6. The molecule has 9 heteroatoms. The minimum atomic E-state index is -3.79. The van der Waals surface area contributed by atoms with Gasteiger partial charge in [0.2, 0.25) is 5.91 Å². The Balaban J connectivity index is 1.65. The number of carbonyl (C=O) groups excluding carboxylic acids is 2. The minimum absolute atomic E-state index is 0.0484. The molecule has 0 spiro atoms. The summed E-state index contributed by atoms with van der Waals surface area (Å²) in [5.41, 5.74) is 2.84. The molecule has 0 radical (unpaired) electrons. The molecule has 0 saturated carbocycles. The summed E-state index contributed by atoms with van der Waals surface area (Å²) in [6.07, 6.45) is 0. The molecule has 0 aliphatic carbocycles. The third kappa shape index (κ3) is 5.62. The van der Waals surface area contributed by atoms with Crippen molar-refractivity contribution >= 4 is 27.5 Å². The van der Waals surface area contributed by atoms with Gasteiger partial charge in [-0.25, -0.2) is 8.42 Å². The van der Waals surface area contributed by atoms with Crippen molar-refractivity contribution in [3.63, 3.8) is 0 Å². The Labute approximate surface area is 182 Å². The molecular formula is C22H27N3O5S. The van der Waals surface area contributed by atoms with Gasteiger partial charge in [-0.3, -0.25) is 14.3 Å². The second-order valence-electron chi connectivity index (χ2n) is 7.58. The molecule has 1 saturated heterocycles. The first-order valence-electron chi connectivity index (χ1n) is 9.98. The molecule has 2 aromatic rings. The maximum absolute atomic E-state index is 12.7. The van der Waals surface area contributed by atoms with Crippen LogP contribution >= 0.6 is 0 Å². The number of likely N-dealkylation sites (N-methyl/N-ethyl adjacent to an activating group) is 1. The van der Waals surface area contributed by atoms with Crippen LogP contribution in [-0.4, -0.2) is 69.9 Å². The first-order chi connectivity index (χ1) is 14.7. The van der Waals surface area contributed by atoms with Crippen molar-refractivity contribution in [1.29, 1.82) is 0 Å². The third-order valence-electron chi connectivity index (χ3n) is 5.25. The van der Waals surface area contributed by atoms with Crippen LogP contribution in [-0.2, 0) is 19.6 Å². The smallest absolute Gasteiger partial charge is 0.261 e. The van der Waals surface area contributed by atoms with Crippen molar-refractivity contribution in [3.05, 3.63) is 59.2 Å². The Morgan fingerprint density at radius 3 is 2.29 bits per heavy atom. The van der Waals surface area contributed by atoms with Crippen molar-refractivity contribution in [3.8, 4) is 0 Å². The minimum Gasteiger partial charge on any atom is -0.378 e. The van der Waals surface area contributed by atoms with Crippen molar-refractivity contribution in [1.82, 2.24) is 9.80 Å². The molecule has 0 atom stereocenters. The predicted molar refractivity (Wildman–Crippen MR) is 118 cm³/mol. The molecule has 3 rings (SSSR count). The first-order valence-corrected chi connectivity index (χ1v) is 11.5. The number of carbonyl (C=O) groups is 2. The molecule has 2 amide bonds. The van der Waals surface area contributed by atoms with Gasteiger partial charge in [0.05, 0.1) is 24.7 Å². The van der Waals surface area contributed by atoms with Gasteiger partial charge in [0.25, 0.3) is 15.9 Å². The van der Waals surface area contributed by atoms with Crippen LogP contribution in [0.4, 0.5) is 5.69 Å². The van der Waals surface area contributed by atoms with Crippen molar-refractivity contribution in [2.75, 3.05) is 44.6 Å². The molecule has 8 nitrogen and oxygen atoms in total. The lowest BCUT2D eigenvalue weighted by atomic mass is 10.1. The van der Waals surface area contributed by atoms with Gasteiger partial charge >= 0.3 is 0 Å². The number of sulfonamides is 1. The van der Waals surface area contributed by atoms with Crippen LogP contribution in [0.1, 0.15) is 21.5 Å². The lowest BCUT2D eigenvalue weighted by molar-refractivity contribution is -0.135. The quantitative estimate of drug-likeness (QED) is 0.734. The second-order valence-corrected chi connectivity index (χ2v) is 9.27. The summed E-state index contributed by atoms with van der Waals surface area (Å²) >= 11 is 0. The van der Waals surface area contributed by atoms with E-state index in [1.165, 1.54) is 29.2 Å². The van der Waals surface area contributed by atoms with E-state index in [2.05, 4.69) is 4.72 Å². The van der Waals surface area contributed by atoms with E-state index in [0.29, 0.717) is 37.6 Å². The number of hydrogen-bond acceptors (Lipinski definition) is 5. The Hall–Kier alpha value is -2.91. The van der Waals surface area contributed by atoms with Gasteiger partial charge in [-0.15, -0.1) is 0 Å². The highest BCUT2D eigenvalue weighted by atomic mass is 32.2. The van der Waals surface area contributed by atoms with Crippen LogP contribution in [0.5, 0.6) is 0 Å². The highest BCUT2D eigenvalue weighted by Gasteiger charge is 2.22. The van der Waals surface area contributed by atoms with Gasteiger partial charge in [-0.1, -0.05) is 6.07 Å². The number of morpholine rings is 1. The number of aryl methyl sites for hydroxylation is 2. The number of amides is 2. The van der Waals surface area contributed by atoms with E-state index in [-0.39, 0.29) is 23.3 Å². The van der Waals surface area contributed by atoms with E-state index in [0.717, 1.165) is 11.1 Å². The molecule has 0 unspecified atom stereocenters. The van der Waals surface area contributed by atoms with Gasteiger partial charge in [-0.05, 0) is 61.4 Å². The zero-order chi connectivity index (χ0) is 22.6. The summed E-state index contributed by atoms with van der Waals surface area (Å²) < 4.78 is 33.1. The Morgan fingerprint density at radius 1 is 1.03 bits per heavy atom. The summed E-state index contributed by atoms with van der Waals surface area (Å²) in [5, 5.41) is 0. The van der Waals surface area contributed by atoms with E-state index < -0.39 is 10.0 Å². The van der Waals surface area contributed by atoms with Gasteiger partial charge in [-0.2, -0.15) is 0 Å². The number of hydrogen-bond donors (Lipinski definition) is 1. The number of anilines is 1. The molecule has 1 heterocycles. The van der Waals surface area contributed by atoms with E-state index in [9.17, 15) is 18.0 Å². The third-order valence-corrected chi connectivity index (χ3v) is 6.65. The molecule has 1 fully saturated rings. The predicted octanol–water partition coefficient (Wildman–Crippen LogP) is 2.04. The number of ether oxygens (including phenoxy) is 1. The molecule has 1 aliphatic heterocycles. The van der Waals surface area contributed by atoms with E-state index in [1.807, 2.05) is 19.9 Å². The topological polar surface area (TPSA) is 96.0 Å². The normalized spacial score (nSPS) is 14.2. The zero-order valence-electron chi connectivity index (χ0n) is 17.9. The SMILES string of the molecule is Cc1ccc(NS(=O)(=O)c2ccc(C(=O)N(C)CC(=O)N3CCOCC3)cc2)cc1C. The van der Waals surface area contributed by atoms with Crippen LogP contribution in [0.25, 0.3) is 0 Å². The van der Waals surface area contributed by atoms with Gasteiger partial charge in [0.1, 0.15) is 0 Å². The summed E-state index contributed by atoms with van der Waals surface area (Å²) in [5.74, 6) is -0.497. The van der Waals surface area contributed by atoms with Crippen LogP contribution in [0, 0.1) is 13.8 Å². The maximum Gasteiger partial charge on any atom is 0.261 e. The number of nitrogens with one attached hydrogen (secondary N) is 1. The van der Waals surface area contributed by atoms with E-state index in [4.69, 9.17) is 4.74 Å². The molecule has 1 N–H and O–H groups in total. The van der Waals surface area contributed by atoms with Crippen LogP contribution in [0.3, 0.4) is 0 Å². The van der Waals surface area contributed by atoms with Gasteiger partial charge in [0.15, 0.2) is 0 Å². The molecule has 2 aromatic carbocycles. The lowest BCUT2D eigenvalue weighted by Gasteiger charge is -2.28. The maximum atomic E-state index is 12.7. The van der Waals surface area contributed by atoms with Gasteiger partial charge in [0, 0.05) is 31.4 Å². The number of nitrogens with zero attached hydrogens (tertiary/aromatic N) is 2. The highest BCUT2D eigenvalue weighted by molar-refractivity contribution is 7.92. The van der Waals surface area contributed by atoms with Crippen LogP contribution in [0.2, 0.25) is 0 Å². The summed E-state index contributed by atoms with van der Waals surface area (Å²) in [4.78, 5) is 28.0. The van der Waals surface area contributed by atoms with Crippen molar-refractivity contribution in [2.45, 2.75) is 18.7 Å². The van der Waals surface area contributed by atoms with Crippen molar-refractivity contribution in [2.24, 2.45) is 0 Å². The van der Waals surface area contributed by atoms with Crippen LogP contribution < -0.4 is 4.72 Å². The van der Waals surface area contributed by atoms with Gasteiger partial charge < -0.3 is 14.5 Å². The van der Waals surface area contributed by atoms with Crippen molar-refractivity contribution < 1.29 is 22.7 Å². The lowest BCUT2D eigenvalue weighted by Crippen LogP contribution is -2.46. The van der Waals surface area contributed by atoms with E-state index in [1.54, 1.807) is 24.1 Å². The fourth-order valence-electron chi connectivity index (χ4n) is 3.20. The number of benzene rings is 2. The summed E-state index contributed by atoms with van der Waals surface area (Å²) in [6.45, 7) is 5.84. The summed E-state index contributed by atoms with van der Waals surface area (Å²) in [6, 6.07) is 11.0. The molecule has 1 aliphatic rings. The van der Waals surface area contributed by atoms with E-state index >= 15 is 0 Å². The molecule has 166 valence electrons.